The SMILES string of the molecule is C1=Cc2ccccc2OC1.[Ca+2].[H-].[H-].[H-].[H-].[H-].[H-].[Mg+2].[Sr+2].[Zn]. The number of fused-ring (bicyclic) bond motifs is 1. The fourth-order valence-electron chi connectivity index (χ4n) is 1.06. The number of benzene rings is 1. The minimum Gasteiger partial charge on any atom is -1.00 e. The molecule has 0 fully saturated rings. The molecule has 0 spiro atoms. The van der Waals surface area contributed by atoms with Crippen LogP contribution in [0.1, 0.15) is 14.1 Å². The van der Waals surface area contributed by atoms with Crippen LogP contribution in [0.25, 0.3) is 6.08 Å². The summed E-state index contributed by atoms with van der Waals surface area (Å²) in [5.41, 5.74) is 1.17. The van der Waals surface area contributed by atoms with Gasteiger partial charge in [0.15, 0.2) is 0 Å². The Morgan fingerprint density at radius 1 is 1.21 bits per heavy atom. The summed E-state index contributed by atoms with van der Waals surface area (Å²) in [6.45, 7) is 0.705. The molecule has 0 radical (unpaired) electrons. The summed E-state index contributed by atoms with van der Waals surface area (Å²) >= 11 is 0. The van der Waals surface area contributed by atoms with Crippen LogP contribution in [0.2, 0.25) is 0 Å². The van der Waals surface area contributed by atoms with E-state index in [9.17, 15) is 0 Å². The fraction of sp³-hybridized carbons (Fsp3) is 0.111. The summed E-state index contributed by atoms with van der Waals surface area (Å²) in [7, 11) is 0. The maximum atomic E-state index is 5.34. The molecule has 0 aromatic heterocycles. The molecule has 2 rings (SSSR count). The first-order valence-electron chi connectivity index (χ1n) is 3.35. The van der Waals surface area contributed by atoms with Crippen molar-refractivity contribution in [3.05, 3.63) is 35.9 Å². The van der Waals surface area contributed by atoms with Gasteiger partial charge in [-0.15, -0.1) is 0 Å². The van der Waals surface area contributed by atoms with Crippen LogP contribution < -0.4 is 4.74 Å². The van der Waals surface area contributed by atoms with Gasteiger partial charge in [-0.05, 0) is 12.1 Å². The second-order valence-electron chi connectivity index (χ2n) is 2.25. The molecule has 0 aliphatic carbocycles. The maximum Gasteiger partial charge on any atom is 2.00 e. The molecule has 1 aliphatic rings. The molecule has 0 saturated carbocycles. The minimum absolute atomic E-state index is 0. The van der Waals surface area contributed by atoms with Crippen LogP contribution in [-0.2, 0) is 19.5 Å². The van der Waals surface area contributed by atoms with Crippen molar-refractivity contribution in [3.8, 4) is 5.75 Å². The van der Waals surface area contributed by atoms with Crippen molar-refractivity contribution in [2.24, 2.45) is 0 Å². The molecule has 64 valence electrons. The number of para-hydroxylation sites is 1. The van der Waals surface area contributed by atoms with E-state index in [1.54, 1.807) is 0 Å². The summed E-state index contributed by atoms with van der Waals surface area (Å²) in [6, 6.07) is 8.03. The molecule has 0 bridgehead atoms. The van der Waals surface area contributed by atoms with Gasteiger partial charge in [-0.3, -0.25) is 0 Å². The average molecular weight is 356 g/mol. The smallest absolute Gasteiger partial charge is 1.00 e. The fourth-order valence-corrected chi connectivity index (χ4v) is 1.06. The van der Waals surface area contributed by atoms with Crippen molar-refractivity contribution >= 4 is 112 Å². The normalized spacial score (nSPS) is 10.0. The maximum absolute atomic E-state index is 5.34. The second kappa shape index (κ2) is 12.3. The Morgan fingerprint density at radius 3 is 2.50 bits per heavy atom. The van der Waals surface area contributed by atoms with Crippen LogP contribution >= 0.6 is 0 Å². The Hall–Kier alpha value is 2.89. The largest absolute Gasteiger partial charge is 2.00 e. The van der Waals surface area contributed by atoms with E-state index >= 15 is 0 Å². The Balaban J connectivity index is -0.0000000173. The van der Waals surface area contributed by atoms with Crippen LogP contribution in [0.5, 0.6) is 5.75 Å². The minimum atomic E-state index is 0. The molecule has 0 saturated heterocycles. The summed E-state index contributed by atoms with van der Waals surface area (Å²) in [4.78, 5) is 0. The van der Waals surface area contributed by atoms with Gasteiger partial charge in [-0.25, -0.2) is 0 Å². The van der Waals surface area contributed by atoms with Crippen molar-refractivity contribution in [1.82, 2.24) is 0 Å². The average Bonchev–Trinajstić information content (AvgIpc) is 2.05. The van der Waals surface area contributed by atoms with Crippen LogP contribution in [0.3, 0.4) is 0 Å². The molecule has 1 heterocycles. The summed E-state index contributed by atoms with van der Waals surface area (Å²) in [5, 5.41) is 0. The number of ether oxygens (including phenoxy) is 1. The Labute approximate surface area is 190 Å². The first kappa shape index (κ1) is 22.1. The zero-order valence-electron chi connectivity index (χ0n) is 14.4. The number of rotatable bonds is 0. The Kier molecular flexibility index (Phi) is 19.5. The first-order chi connectivity index (χ1) is 4.97. The third-order valence-corrected chi connectivity index (χ3v) is 1.55. The van der Waals surface area contributed by atoms with Crippen molar-refractivity contribution < 1.29 is 32.8 Å². The van der Waals surface area contributed by atoms with Crippen LogP contribution in [0.15, 0.2) is 30.3 Å². The van der Waals surface area contributed by atoms with Crippen LogP contribution in [-0.4, -0.2) is 113 Å². The standard InChI is InChI=1S/C9H8O.Ca.Mg.Sr.Zn.6H/c1-2-6-9-8(4-1)5-3-7-10-9;;;;;;;;;;/h1-6H,7H2;;;;;;;;;;/q;3*+2;;6*-1. The van der Waals surface area contributed by atoms with Gasteiger partial charge >= 0.3 is 106 Å². The molecule has 0 unspecified atom stereocenters. The van der Waals surface area contributed by atoms with Gasteiger partial charge in [-0.2, -0.15) is 0 Å². The van der Waals surface area contributed by atoms with Crippen LogP contribution in [0.4, 0.5) is 0 Å². The zero-order chi connectivity index (χ0) is 6.81. The van der Waals surface area contributed by atoms with Crippen molar-refractivity contribution in [2.45, 2.75) is 0 Å². The van der Waals surface area contributed by atoms with Gasteiger partial charge in [-0.1, -0.05) is 24.3 Å². The second-order valence-corrected chi connectivity index (χ2v) is 2.25. The molecule has 14 heavy (non-hydrogen) atoms. The van der Waals surface area contributed by atoms with Gasteiger partial charge in [0.2, 0.25) is 0 Å². The van der Waals surface area contributed by atoms with E-state index in [-0.39, 0.29) is 134 Å². The molecule has 1 nitrogen and oxygen atoms in total. The predicted octanol–water partition coefficient (Wildman–Crippen LogP) is 1.62. The van der Waals surface area contributed by atoms with Crippen molar-refractivity contribution in [1.29, 1.82) is 0 Å². The van der Waals surface area contributed by atoms with Gasteiger partial charge in [0.25, 0.3) is 0 Å². The van der Waals surface area contributed by atoms with Gasteiger partial charge in [0.05, 0.1) is 0 Å². The first-order valence-corrected chi connectivity index (χ1v) is 3.35. The summed E-state index contributed by atoms with van der Waals surface area (Å²) in [6.07, 6.45) is 4.10. The molecule has 0 N–H and O–H groups in total. The molecular weight excluding hydrogens is 341 g/mol. The van der Waals surface area contributed by atoms with Gasteiger partial charge in [0, 0.05) is 25.0 Å². The molecule has 1 aliphatic heterocycles. The number of hydrogen-bond acceptors (Lipinski definition) is 1. The van der Waals surface area contributed by atoms with E-state index in [2.05, 4.69) is 6.08 Å². The Morgan fingerprint density at radius 2 is 1.86 bits per heavy atom. The quantitative estimate of drug-likeness (QED) is 0.643. The van der Waals surface area contributed by atoms with E-state index in [0.717, 1.165) is 5.75 Å². The van der Waals surface area contributed by atoms with E-state index in [0.29, 0.717) is 6.61 Å². The summed E-state index contributed by atoms with van der Waals surface area (Å²) < 4.78 is 5.34. The molecule has 1 aromatic carbocycles. The third kappa shape index (κ3) is 6.58. The van der Waals surface area contributed by atoms with Crippen molar-refractivity contribution in [2.75, 3.05) is 6.61 Å². The number of hydrogen-bond donors (Lipinski definition) is 0. The predicted molar refractivity (Wildman–Crippen MR) is 64.9 cm³/mol. The molecule has 5 heteroatoms. The summed E-state index contributed by atoms with van der Waals surface area (Å²) in [5.74, 6) is 0.991. The van der Waals surface area contributed by atoms with E-state index < -0.39 is 0 Å². The molecule has 0 amide bonds. The zero-order valence-corrected chi connectivity index (χ0v) is 18.5. The van der Waals surface area contributed by atoms with E-state index in [1.807, 2.05) is 30.3 Å². The molecule has 0 atom stereocenters. The van der Waals surface area contributed by atoms with E-state index in [4.69, 9.17) is 4.74 Å². The van der Waals surface area contributed by atoms with Crippen LogP contribution in [0, 0.1) is 0 Å². The topological polar surface area (TPSA) is 9.23 Å². The molecule has 1 aromatic rings. The Bertz CT molecular complexity index is 301. The van der Waals surface area contributed by atoms with E-state index in [1.165, 1.54) is 5.56 Å². The third-order valence-electron chi connectivity index (χ3n) is 1.55. The van der Waals surface area contributed by atoms with Crippen molar-refractivity contribution in [3.63, 3.8) is 0 Å². The monoisotopic (exact) mass is 354 g/mol. The van der Waals surface area contributed by atoms with Gasteiger partial charge < -0.3 is 13.3 Å². The van der Waals surface area contributed by atoms with Gasteiger partial charge in [0.1, 0.15) is 12.4 Å². The molecular formula is C9H14CaMgOSrZn.